The molecule has 3 rings (SSSR count). The molecule has 2 aromatic rings. The lowest BCUT2D eigenvalue weighted by atomic mass is 10.2. The molecule has 3 nitrogen and oxygen atoms in total. The largest absolute Gasteiger partial charge is 0.486 e. The Bertz CT molecular complexity index is 588. The van der Waals surface area contributed by atoms with E-state index in [4.69, 9.17) is 9.47 Å². The van der Waals surface area contributed by atoms with E-state index in [1.165, 1.54) is 6.07 Å². The van der Waals surface area contributed by atoms with Gasteiger partial charge in [-0.25, -0.2) is 4.39 Å². The Hall–Kier alpha value is -2.07. The van der Waals surface area contributed by atoms with Crippen molar-refractivity contribution in [2.45, 2.75) is 12.6 Å². The standard InChI is InChI=1S/C16H16FNO2/c17-14-6-2-1-5-12(14)9-18-10-13-11-19-15-7-3-4-8-16(15)20-13/h1-8,13,18H,9-11H2. The molecule has 0 bridgehead atoms. The summed E-state index contributed by atoms with van der Waals surface area (Å²) in [7, 11) is 0. The minimum atomic E-state index is -0.189. The van der Waals surface area contributed by atoms with Gasteiger partial charge in [0.15, 0.2) is 11.5 Å². The molecule has 104 valence electrons. The molecule has 1 atom stereocenters. The van der Waals surface area contributed by atoms with Crippen molar-refractivity contribution in [2.24, 2.45) is 0 Å². The number of ether oxygens (including phenoxy) is 2. The summed E-state index contributed by atoms with van der Waals surface area (Å²) in [6.45, 7) is 1.60. The summed E-state index contributed by atoms with van der Waals surface area (Å²) in [6.07, 6.45) is -0.0586. The Morgan fingerprint density at radius 1 is 1.05 bits per heavy atom. The highest BCUT2D eigenvalue weighted by molar-refractivity contribution is 5.40. The first-order valence-electron chi connectivity index (χ1n) is 6.65. The van der Waals surface area contributed by atoms with E-state index in [0.29, 0.717) is 25.3 Å². The van der Waals surface area contributed by atoms with Crippen molar-refractivity contribution in [3.63, 3.8) is 0 Å². The maximum atomic E-state index is 13.5. The van der Waals surface area contributed by atoms with Gasteiger partial charge in [-0.2, -0.15) is 0 Å². The van der Waals surface area contributed by atoms with Crippen LogP contribution < -0.4 is 14.8 Å². The van der Waals surface area contributed by atoms with Gasteiger partial charge >= 0.3 is 0 Å². The number of hydrogen-bond acceptors (Lipinski definition) is 3. The third-order valence-corrected chi connectivity index (χ3v) is 3.21. The molecular formula is C16H16FNO2. The fraction of sp³-hybridized carbons (Fsp3) is 0.250. The molecule has 1 unspecified atom stereocenters. The Morgan fingerprint density at radius 2 is 1.80 bits per heavy atom. The second-order valence-electron chi connectivity index (χ2n) is 4.72. The highest BCUT2D eigenvalue weighted by Crippen LogP contribution is 2.30. The number of halogens is 1. The van der Waals surface area contributed by atoms with Crippen molar-refractivity contribution in [1.82, 2.24) is 5.32 Å². The molecule has 0 amide bonds. The molecule has 1 aliphatic rings. The first-order valence-corrected chi connectivity index (χ1v) is 6.65. The third-order valence-electron chi connectivity index (χ3n) is 3.21. The monoisotopic (exact) mass is 273 g/mol. The molecule has 1 N–H and O–H groups in total. The Balaban J connectivity index is 1.52. The summed E-state index contributed by atoms with van der Waals surface area (Å²) in [6, 6.07) is 14.4. The van der Waals surface area contributed by atoms with Crippen molar-refractivity contribution in [2.75, 3.05) is 13.2 Å². The third kappa shape index (κ3) is 2.91. The van der Waals surface area contributed by atoms with Crippen LogP contribution in [0.5, 0.6) is 11.5 Å². The van der Waals surface area contributed by atoms with Crippen LogP contribution in [0.4, 0.5) is 4.39 Å². The van der Waals surface area contributed by atoms with Gasteiger partial charge in [-0.1, -0.05) is 30.3 Å². The van der Waals surface area contributed by atoms with E-state index in [2.05, 4.69) is 5.32 Å². The van der Waals surface area contributed by atoms with E-state index in [1.54, 1.807) is 12.1 Å². The van der Waals surface area contributed by atoms with E-state index in [-0.39, 0.29) is 11.9 Å². The van der Waals surface area contributed by atoms with Crippen LogP contribution in [0.3, 0.4) is 0 Å². The lowest BCUT2D eigenvalue weighted by Gasteiger charge is -2.26. The number of benzene rings is 2. The average molecular weight is 273 g/mol. The van der Waals surface area contributed by atoms with Gasteiger partial charge in [-0.3, -0.25) is 0 Å². The second-order valence-corrected chi connectivity index (χ2v) is 4.72. The van der Waals surface area contributed by atoms with E-state index >= 15 is 0 Å². The van der Waals surface area contributed by atoms with E-state index in [9.17, 15) is 4.39 Å². The van der Waals surface area contributed by atoms with Crippen LogP contribution in [0.25, 0.3) is 0 Å². The van der Waals surface area contributed by atoms with Gasteiger partial charge in [0, 0.05) is 18.7 Å². The molecule has 0 saturated carbocycles. The molecule has 0 radical (unpaired) electrons. The summed E-state index contributed by atoms with van der Waals surface area (Å²) < 4.78 is 24.9. The van der Waals surface area contributed by atoms with Crippen molar-refractivity contribution >= 4 is 0 Å². The molecular weight excluding hydrogens is 257 g/mol. The predicted octanol–water partition coefficient (Wildman–Crippen LogP) is 2.76. The van der Waals surface area contributed by atoms with Gasteiger partial charge in [0.25, 0.3) is 0 Å². The van der Waals surface area contributed by atoms with Crippen LogP contribution >= 0.6 is 0 Å². The Kier molecular flexibility index (Phi) is 3.83. The van der Waals surface area contributed by atoms with Crippen LogP contribution in [0, 0.1) is 5.82 Å². The first kappa shape index (κ1) is 12.9. The molecule has 4 heteroatoms. The zero-order valence-corrected chi connectivity index (χ0v) is 11.0. The maximum absolute atomic E-state index is 13.5. The van der Waals surface area contributed by atoms with Crippen molar-refractivity contribution in [3.05, 3.63) is 59.9 Å². The summed E-state index contributed by atoms with van der Waals surface area (Å²) in [5.41, 5.74) is 0.657. The minimum Gasteiger partial charge on any atom is -0.486 e. The maximum Gasteiger partial charge on any atom is 0.161 e. The van der Waals surface area contributed by atoms with Gasteiger partial charge in [0.2, 0.25) is 0 Å². The Morgan fingerprint density at radius 3 is 2.65 bits per heavy atom. The van der Waals surface area contributed by atoms with E-state index in [1.807, 2.05) is 30.3 Å². The number of para-hydroxylation sites is 2. The summed E-state index contributed by atoms with van der Waals surface area (Å²) in [4.78, 5) is 0. The second kappa shape index (κ2) is 5.92. The van der Waals surface area contributed by atoms with E-state index < -0.39 is 0 Å². The van der Waals surface area contributed by atoms with Crippen LogP contribution in [-0.4, -0.2) is 19.3 Å². The lowest BCUT2D eigenvalue weighted by Crippen LogP contribution is -2.38. The SMILES string of the molecule is Fc1ccccc1CNCC1COc2ccccc2O1. The fourth-order valence-corrected chi connectivity index (χ4v) is 2.17. The van der Waals surface area contributed by atoms with Gasteiger partial charge < -0.3 is 14.8 Å². The number of hydrogen-bond donors (Lipinski definition) is 1. The quantitative estimate of drug-likeness (QED) is 0.929. The molecule has 20 heavy (non-hydrogen) atoms. The highest BCUT2D eigenvalue weighted by Gasteiger charge is 2.19. The van der Waals surface area contributed by atoms with Gasteiger partial charge in [-0.05, 0) is 18.2 Å². The van der Waals surface area contributed by atoms with Crippen LogP contribution in [-0.2, 0) is 6.54 Å². The first-order chi connectivity index (χ1) is 9.83. The van der Waals surface area contributed by atoms with Crippen molar-refractivity contribution in [1.29, 1.82) is 0 Å². The summed E-state index contributed by atoms with van der Waals surface area (Å²) in [5.74, 6) is 1.35. The molecule has 0 spiro atoms. The number of rotatable bonds is 4. The van der Waals surface area contributed by atoms with Gasteiger partial charge in [0.1, 0.15) is 18.5 Å². The average Bonchev–Trinajstić information content (AvgIpc) is 2.49. The van der Waals surface area contributed by atoms with Gasteiger partial charge in [-0.15, -0.1) is 0 Å². The number of fused-ring (bicyclic) bond motifs is 1. The number of nitrogens with one attached hydrogen (secondary N) is 1. The summed E-state index contributed by atoms with van der Waals surface area (Å²) >= 11 is 0. The van der Waals surface area contributed by atoms with Crippen molar-refractivity contribution in [3.8, 4) is 11.5 Å². The minimum absolute atomic E-state index is 0.0586. The van der Waals surface area contributed by atoms with Crippen LogP contribution in [0.2, 0.25) is 0 Å². The molecule has 0 fully saturated rings. The molecule has 2 aromatic carbocycles. The summed E-state index contributed by atoms with van der Waals surface area (Å²) in [5, 5.41) is 3.20. The molecule has 0 aliphatic carbocycles. The molecule has 1 aliphatic heterocycles. The normalized spacial score (nSPS) is 16.9. The zero-order valence-electron chi connectivity index (χ0n) is 11.0. The Labute approximate surface area is 117 Å². The van der Waals surface area contributed by atoms with E-state index in [0.717, 1.165) is 11.5 Å². The van der Waals surface area contributed by atoms with Crippen LogP contribution in [0.1, 0.15) is 5.56 Å². The zero-order chi connectivity index (χ0) is 13.8. The predicted molar refractivity (Wildman–Crippen MR) is 74.5 cm³/mol. The fourth-order valence-electron chi connectivity index (χ4n) is 2.17. The lowest BCUT2D eigenvalue weighted by molar-refractivity contribution is 0.0901. The van der Waals surface area contributed by atoms with Crippen molar-refractivity contribution < 1.29 is 13.9 Å². The smallest absolute Gasteiger partial charge is 0.161 e. The van der Waals surface area contributed by atoms with Gasteiger partial charge in [0.05, 0.1) is 0 Å². The highest BCUT2D eigenvalue weighted by atomic mass is 19.1. The molecule has 0 saturated heterocycles. The molecule has 0 aromatic heterocycles. The van der Waals surface area contributed by atoms with Crippen LogP contribution in [0.15, 0.2) is 48.5 Å². The molecule has 1 heterocycles. The topological polar surface area (TPSA) is 30.5 Å².